The summed E-state index contributed by atoms with van der Waals surface area (Å²) in [6, 6.07) is 14.2. The first-order valence-corrected chi connectivity index (χ1v) is 8.90. The zero-order valence-corrected chi connectivity index (χ0v) is 16.5. The fourth-order valence-corrected chi connectivity index (χ4v) is 2.85. The molecule has 2 N–H and O–H groups in total. The van der Waals surface area contributed by atoms with Crippen molar-refractivity contribution in [1.29, 1.82) is 0 Å². The molecule has 0 aliphatic carbocycles. The molecule has 2 aromatic carbocycles. The molecule has 1 amide bonds. The average molecular weight is 398 g/mol. The first kappa shape index (κ1) is 19.5. The van der Waals surface area contributed by atoms with Crippen LogP contribution in [-0.4, -0.2) is 25.1 Å². The number of amides is 1. The Hall–Kier alpha value is -3.25. The molecule has 0 radical (unpaired) electrons. The standard InChI is InChI=1S/C21H20ClN3O3/c1-13-10-15(22)5-7-17(13)25-20-9-4-14(12-23-20)21(26)24-16-6-8-18(27-2)19(11-16)28-3/h4-12H,1-3H3,(H,23,25)(H,24,26). The number of halogens is 1. The van der Waals surface area contributed by atoms with Crippen LogP contribution in [0.25, 0.3) is 0 Å². The number of carbonyl (C=O) groups excluding carboxylic acids is 1. The second kappa shape index (κ2) is 8.63. The van der Waals surface area contributed by atoms with Crippen LogP contribution in [0.15, 0.2) is 54.7 Å². The summed E-state index contributed by atoms with van der Waals surface area (Å²) >= 11 is 5.98. The van der Waals surface area contributed by atoms with Gasteiger partial charge in [0.2, 0.25) is 0 Å². The minimum absolute atomic E-state index is 0.269. The number of rotatable bonds is 6. The number of carbonyl (C=O) groups is 1. The highest BCUT2D eigenvalue weighted by atomic mass is 35.5. The van der Waals surface area contributed by atoms with E-state index in [1.54, 1.807) is 44.6 Å². The summed E-state index contributed by atoms with van der Waals surface area (Å²) in [6.07, 6.45) is 1.52. The Balaban J connectivity index is 1.70. The number of aromatic nitrogens is 1. The molecule has 0 bridgehead atoms. The van der Waals surface area contributed by atoms with Gasteiger partial charge in [-0.25, -0.2) is 4.98 Å². The molecule has 1 aromatic heterocycles. The van der Waals surface area contributed by atoms with Crippen molar-refractivity contribution in [2.24, 2.45) is 0 Å². The summed E-state index contributed by atoms with van der Waals surface area (Å²) in [6.45, 7) is 1.96. The number of benzene rings is 2. The van der Waals surface area contributed by atoms with Crippen LogP contribution in [0.3, 0.4) is 0 Å². The summed E-state index contributed by atoms with van der Waals surface area (Å²) < 4.78 is 10.4. The van der Waals surface area contributed by atoms with E-state index < -0.39 is 0 Å². The zero-order chi connectivity index (χ0) is 20.1. The van der Waals surface area contributed by atoms with Crippen molar-refractivity contribution in [2.45, 2.75) is 6.92 Å². The molecule has 0 aliphatic rings. The van der Waals surface area contributed by atoms with Gasteiger partial charge in [0.25, 0.3) is 5.91 Å². The number of ether oxygens (including phenoxy) is 2. The van der Waals surface area contributed by atoms with Crippen LogP contribution in [-0.2, 0) is 0 Å². The zero-order valence-electron chi connectivity index (χ0n) is 15.7. The third-order valence-electron chi connectivity index (χ3n) is 4.12. The fourth-order valence-electron chi connectivity index (χ4n) is 2.62. The maximum Gasteiger partial charge on any atom is 0.257 e. The molecule has 144 valence electrons. The van der Waals surface area contributed by atoms with E-state index in [9.17, 15) is 4.79 Å². The van der Waals surface area contributed by atoms with Crippen molar-refractivity contribution in [2.75, 3.05) is 24.9 Å². The van der Waals surface area contributed by atoms with Gasteiger partial charge in [-0.15, -0.1) is 0 Å². The Morgan fingerprint density at radius 1 is 1.00 bits per heavy atom. The van der Waals surface area contributed by atoms with Gasteiger partial charge in [-0.3, -0.25) is 4.79 Å². The predicted molar refractivity (Wildman–Crippen MR) is 111 cm³/mol. The molecular formula is C21H20ClN3O3. The molecule has 0 saturated carbocycles. The van der Waals surface area contributed by atoms with Crippen LogP contribution < -0.4 is 20.1 Å². The Bertz CT molecular complexity index is 991. The number of anilines is 3. The molecule has 1 heterocycles. The molecule has 3 rings (SSSR count). The van der Waals surface area contributed by atoms with Gasteiger partial charge in [-0.1, -0.05) is 11.6 Å². The Morgan fingerprint density at radius 3 is 2.43 bits per heavy atom. The van der Waals surface area contributed by atoms with E-state index in [-0.39, 0.29) is 5.91 Å². The van der Waals surface area contributed by atoms with Crippen molar-refractivity contribution in [3.63, 3.8) is 0 Å². The molecule has 0 atom stereocenters. The number of hydrogen-bond donors (Lipinski definition) is 2. The summed E-state index contributed by atoms with van der Waals surface area (Å²) in [4.78, 5) is 16.8. The number of nitrogens with zero attached hydrogens (tertiary/aromatic N) is 1. The summed E-state index contributed by atoms with van der Waals surface area (Å²) in [5.41, 5.74) is 2.94. The first-order valence-electron chi connectivity index (χ1n) is 8.53. The molecule has 6 nitrogen and oxygen atoms in total. The SMILES string of the molecule is COc1ccc(NC(=O)c2ccc(Nc3ccc(Cl)cc3C)nc2)cc1OC. The van der Waals surface area contributed by atoms with Gasteiger partial charge in [0, 0.05) is 28.7 Å². The van der Waals surface area contributed by atoms with E-state index in [1.807, 2.05) is 25.1 Å². The summed E-state index contributed by atoms with van der Waals surface area (Å²) in [7, 11) is 3.10. The molecule has 28 heavy (non-hydrogen) atoms. The fraction of sp³-hybridized carbons (Fsp3) is 0.143. The van der Waals surface area contributed by atoms with Crippen molar-refractivity contribution in [3.05, 3.63) is 70.9 Å². The van der Waals surface area contributed by atoms with E-state index in [1.165, 1.54) is 6.20 Å². The third kappa shape index (κ3) is 4.53. The Kier molecular flexibility index (Phi) is 6.01. The summed E-state index contributed by atoms with van der Waals surface area (Å²) in [5.74, 6) is 1.49. The van der Waals surface area contributed by atoms with E-state index in [0.717, 1.165) is 11.3 Å². The maximum atomic E-state index is 12.5. The van der Waals surface area contributed by atoms with Crippen molar-refractivity contribution in [1.82, 2.24) is 4.98 Å². The smallest absolute Gasteiger partial charge is 0.257 e. The first-order chi connectivity index (χ1) is 13.5. The van der Waals surface area contributed by atoms with Gasteiger partial charge in [0.05, 0.1) is 19.8 Å². The summed E-state index contributed by atoms with van der Waals surface area (Å²) in [5, 5.41) is 6.71. The number of aryl methyl sites for hydroxylation is 1. The van der Waals surface area contributed by atoms with E-state index in [0.29, 0.717) is 33.6 Å². The lowest BCUT2D eigenvalue weighted by molar-refractivity contribution is 0.102. The van der Waals surface area contributed by atoms with Gasteiger partial charge in [0.15, 0.2) is 11.5 Å². The highest BCUT2D eigenvalue weighted by Crippen LogP contribution is 2.30. The Morgan fingerprint density at radius 2 is 1.79 bits per heavy atom. The van der Waals surface area contributed by atoms with Crippen LogP contribution in [0.1, 0.15) is 15.9 Å². The van der Waals surface area contributed by atoms with Gasteiger partial charge in [-0.2, -0.15) is 0 Å². The molecule has 0 spiro atoms. The average Bonchev–Trinajstić information content (AvgIpc) is 2.70. The quantitative estimate of drug-likeness (QED) is 0.608. The molecular weight excluding hydrogens is 378 g/mol. The van der Waals surface area contributed by atoms with E-state index in [2.05, 4.69) is 15.6 Å². The molecule has 0 saturated heterocycles. The van der Waals surface area contributed by atoms with Crippen molar-refractivity contribution >= 4 is 34.7 Å². The van der Waals surface area contributed by atoms with Gasteiger partial charge in [0.1, 0.15) is 5.82 Å². The Labute approximate surface area is 168 Å². The number of pyridine rings is 1. The van der Waals surface area contributed by atoms with E-state index >= 15 is 0 Å². The lowest BCUT2D eigenvalue weighted by Gasteiger charge is -2.11. The van der Waals surface area contributed by atoms with Gasteiger partial charge >= 0.3 is 0 Å². The number of methoxy groups -OCH3 is 2. The predicted octanol–water partition coefficient (Wildman–Crippen LogP) is 5.06. The van der Waals surface area contributed by atoms with Gasteiger partial charge < -0.3 is 20.1 Å². The van der Waals surface area contributed by atoms with Crippen molar-refractivity contribution in [3.8, 4) is 11.5 Å². The number of nitrogens with one attached hydrogen (secondary N) is 2. The second-order valence-electron chi connectivity index (χ2n) is 6.04. The molecule has 0 aliphatic heterocycles. The monoisotopic (exact) mass is 397 g/mol. The maximum absolute atomic E-state index is 12.5. The van der Waals surface area contributed by atoms with Gasteiger partial charge in [-0.05, 0) is 55.0 Å². The second-order valence-corrected chi connectivity index (χ2v) is 6.48. The minimum Gasteiger partial charge on any atom is -0.493 e. The lowest BCUT2D eigenvalue weighted by atomic mass is 10.2. The molecule has 0 unspecified atom stereocenters. The normalized spacial score (nSPS) is 10.3. The third-order valence-corrected chi connectivity index (χ3v) is 4.35. The molecule has 0 fully saturated rings. The van der Waals surface area contributed by atoms with E-state index in [4.69, 9.17) is 21.1 Å². The van der Waals surface area contributed by atoms with Crippen molar-refractivity contribution < 1.29 is 14.3 Å². The van der Waals surface area contributed by atoms with Crippen LogP contribution in [0.5, 0.6) is 11.5 Å². The largest absolute Gasteiger partial charge is 0.493 e. The van der Waals surface area contributed by atoms with Crippen LogP contribution in [0.2, 0.25) is 5.02 Å². The highest BCUT2D eigenvalue weighted by molar-refractivity contribution is 6.30. The topological polar surface area (TPSA) is 72.5 Å². The molecule has 7 heteroatoms. The van der Waals surface area contributed by atoms with Crippen LogP contribution >= 0.6 is 11.6 Å². The molecule has 3 aromatic rings. The lowest BCUT2D eigenvalue weighted by Crippen LogP contribution is -2.12. The minimum atomic E-state index is -0.269. The van der Waals surface area contributed by atoms with Crippen LogP contribution in [0, 0.1) is 6.92 Å². The highest BCUT2D eigenvalue weighted by Gasteiger charge is 2.10. The number of hydrogen-bond acceptors (Lipinski definition) is 5. The van der Waals surface area contributed by atoms with Crippen LogP contribution in [0.4, 0.5) is 17.2 Å².